The molecule has 6 heteroatoms. The number of amides is 1. The maximum atomic E-state index is 13.1. The van der Waals surface area contributed by atoms with Crippen molar-refractivity contribution in [3.8, 4) is 11.3 Å². The second-order valence-electron chi connectivity index (χ2n) is 6.19. The van der Waals surface area contributed by atoms with Gasteiger partial charge >= 0.3 is 0 Å². The number of halogens is 1. The minimum Gasteiger partial charge on any atom is -0.370 e. The molecule has 1 aliphatic rings. The summed E-state index contributed by atoms with van der Waals surface area (Å²) in [5.41, 5.74) is 3.36. The highest BCUT2D eigenvalue weighted by Crippen LogP contribution is 2.27. The van der Waals surface area contributed by atoms with Gasteiger partial charge in [0, 0.05) is 16.6 Å². The molecule has 132 valence electrons. The third kappa shape index (κ3) is 3.43. The van der Waals surface area contributed by atoms with Crippen LogP contribution in [0.2, 0.25) is 0 Å². The Hall–Kier alpha value is -2.44. The van der Waals surface area contributed by atoms with Gasteiger partial charge < -0.3 is 9.64 Å². The minimum absolute atomic E-state index is 0.0250. The van der Waals surface area contributed by atoms with Crippen LogP contribution in [0.3, 0.4) is 0 Å². The topological polar surface area (TPSA) is 58.2 Å². The Balaban J connectivity index is 1.55. The van der Waals surface area contributed by atoms with Crippen molar-refractivity contribution in [3.05, 3.63) is 76.4 Å². The van der Waals surface area contributed by atoms with E-state index in [1.54, 1.807) is 6.20 Å². The van der Waals surface area contributed by atoms with E-state index in [2.05, 4.69) is 26.1 Å². The van der Waals surface area contributed by atoms with E-state index in [9.17, 15) is 4.79 Å². The first kappa shape index (κ1) is 17.0. The van der Waals surface area contributed by atoms with Crippen molar-refractivity contribution < 1.29 is 9.53 Å². The normalized spacial score (nSPS) is 17.3. The average molecular weight is 412 g/mol. The second-order valence-corrected chi connectivity index (χ2v) is 7.10. The summed E-state index contributed by atoms with van der Waals surface area (Å²) in [4.78, 5) is 14.9. The smallest absolute Gasteiger partial charge is 0.257 e. The quantitative estimate of drug-likeness (QED) is 0.706. The Labute approximate surface area is 160 Å². The number of aromatic nitrogens is 2. The molecular weight excluding hydrogens is 394 g/mol. The van der Waals surface area contributed by atoms with Gasteiger partial charge in [0.15, 0.2) is 0 Å². The van der Waals surface area contributed by atoms with E-state index in [1.165, 1.54) is 0 Å². The number of nitrogens with zero attached hydrogens (tertiary/aromatic N) is 2. The lowest BCUT2D eigenvalue weighted by Crippen LogP contribution is -2.42. The van der Waals surface area contributed by atoms with Crippen molar-refractivity contribution in [1.29, 1.82) is 0 Å². The maximum Gasteiger partial charge on any atom is 0.257 e. The van der Waals surface area contributed by atoms with Crippen LogP contribution in [0.4, 0.5) is 0 Å². The van der Waals surface area contributed by atoms with Crippen LogP contribution in [-0.2, 0) is 4.74 Å². The summed E-state index contributed by atoms with van der Waals surface area (Å²) >= 11 is 3.45. The van der Waals surface area contributed by atoms with Gasteiger partial charge in [-0.2, -0.15) is 5.10 Å². The molecule has 0 saturated carbocycles. The lowest BCUT2D eigenvalue weighted by molar-refractivity contribution is -0.0228. The van der Waals surface area contributed by atoms with Crippen LogP contribution < -0.4 is 0 Å². The molecular formula is C20H18BrN3O2. The van der Waals surface area contributed by atoms with Gasteiger partial charge in [-0.05, 0) is 17.7 Å². The second kappa shape index (κ2) is 7.43. The molecule has 5 nitrogen and oxygen atoms in total. The van der Waals surface area contributed by atoms with Gasteiger partial charge in [0.2, 0.25) is 0 Å². The molecule has 1 aliphatic heterocycles. The van der Waals surface area contributed by atoms with E-state index < -0.39 is 0 Å². The summed E-state index contributed by atoms with van der Waals surface area (Å²) in [6.07, 6.45) is 1.49. The van der Waals surface area contributed by atoms with Crippen molar-refractivity contribution in [2.45, 2.75) is 6.10 Å². The Morgan fingerprint density at radius 3 is 2.69 bits per heavy atom. The Morgan fingerprint density at radius 1 is 1.15 bits per heavy atom. The molecule has 0 aliphatic carbocycles. The predicted molar refractivity (Wildman–Crippen MR) is 103 cm³/mol. The maximum absolute atomic E-state index is 13.1. The molecule has 2 aromatic carbocycles. The summed E-state index contributed by atoms with van der Waals surface area (Å²) in [7, 11) is 0. The van der Waals surface area contributed by atoms with E-state index in [0.717, 1.165) is 21.3 Å². The van der Waals surface area contributed by atoms with Crippen LogP contribution in [-0.4, -0.2) is 40.7 Å². The molecule has 1 unspecified atom stereocenters. The third-order valence-corrected chi connectivity index (χ3v) is 5.06. The highest BCUT2D eigenvalue weighted by Gasteiger charge is 2.28. The van der Waals surface area contributed by atoms with Crippen molar-refractivity contribution in [2.24, 2.45) is 0 Å². The summed E-state index contributed by atoms with van der Waals surface area (Å²) in [6.45, 7) is 1.62. The number of benzene rings is 2. The molecule has 26 heavy (non-hydrogen) atoms. The van der Waals surface area contributed by atoms with Gasteiger partial charge in [0.05, 0.1) is 30.6 Å². The average Bonchev–Trinajstić information content (AvgIpc) is 3.18. The molecule has 1 amide bonds. The van der Waals surface area contributed by atoms with Crippen molar-refractivity contribution >= 4 is 21.8 Å². The molecule has 1 fully saturated rings. The molecule has 3 aromatic rings. The van der Waals surface area contributed by atoms with E-state index in [-0.39, 0.29) is 12.0 Å². The molecule has 2 heterocycles. The first-order chi connectivity index (χ1) is 12.7. The van der Waals surface area contributed by atoms with E-state index in [1.807, 2.05) is 59.5 Å². The molecule has 1 aromatic heterocycles. The van der Waals surface area contributed by atoms with Crippen LogP contribution in [0.25, 0.3) is 11.3 Å². The molecule has 1 N–H and O–H groups in total. The van der Waals surface area contributed by atoms with Crippen molar-refractivity contribution in [2.75, 3.05) is 19.7 Å². The number of ether oxygens (including phenoxy) is 1. The first-order valence-electron chi connectivity index (χ1n) is 8.47. The summed E-state index contributed by atoms with van der Waals surface area (Å²) in [5, 5.41) is 7.05. The zero-order valence-corrected chi connectivity index (χ0v) is 15.6. The number of carbonyl (C=O) groups excluding carboxylic acids is 1. The summed E-state index contributed by atoms with van der Waals surface area (Å²) in [5.74, 6) is -0.0250. The van der Waals surface area contributed by atoms with Crippen LogP contribution in [0.15, 0.2) is 65.3 Å². The number of nitrogens with one attached hydrogen (secondary N) is 1. The fourth-order valence-electron chi connectivity index (χ4n) is 3.16. The Morgan fingerprint density at radius 2 is 1.92 bits per heavy atom. The summed E-state index contributed by atoms with van der Waals surface area (Å²) < 4.78 is 6.91. The monoisotopic (exact) mass is 411 g/mol. The third-order valence-electron chi connectivity index (χ3n) is 4.53. The highest BCUT2D eigenvalue weighted by molar-refractivity contribution is 9.10. The fourth-order valence-corrected chi connectivity index (χ4v) is 3.42. The number of carbonyl (C=O) groups is 1. The SMILES string of the molecule is O=C(c1cn[nH]c1-c1ccccc1)N1CCOC(c2ccc(Br)cc2)C1. The van der Waals surface area contributed by atoms with Crippen LogP contribution in [0, 0.1) is 0 Å². The Kier molecular flexibility index (Phi) is 4.86. The fraction of sp³-hybridized carbons (Fsp3) is 0.200. The molecule has 1 atom stereocenters. The molecule has 0 spiro atoms. The van der Waals surface area contributed by atoms with Crippen LogP contribution in [0.5, 0.6) is 0 Å². The highest BCUT2D eigenvalue weighted by atomic mass is 79.9. The summed E-state index contributed by atoms with van der Waals surface area (Å²) in [6, 6.07) is 17.8. The minimum atomic E-state index is -0.118. The molecule has 4 rings (SSSR count). The lowest BCUT2D eigenvalue weighted by Gasteiger charge is -2.33. The van der Waals surface area contributed by atoms with Gasteiger partial charge in [0.1, 0.15) is 6.10 Å². The number of hydrogen-bond acceptors (Lipinski definition) is 3. The molecule has 0 bridgehead atoms. The predicted octanol–water partition coefficient (Wildman–Crippen LogP) is 4.05. The van der Waals surface area contributed by atoms with Gasteiger partial charge in [-0.15, -0.1) is 0 Å². The van der Waals surface area contributed by atoms with E-state index in [0.29, 0.717) is 25.3 Å². The van der Waals surface area contributed by atoms with Gasteiger partial charge in [-0.1, -0.05) is 58.4 Å². The van der Waals surface area contributed by atoms with Crippen molar-refractivity contribution in [3.63, 3.8) is 0 Å². The first-order valence-corrected chi connectivity index (χ1v) is 9.27. The van der Waals surface area contributed by atoms with Gasteiger partial charge in [-0.25, -0.2) is 0 Å². The number of morpholine rings is 1. The number of rotatable bonds is 3. The standard InChI is InChI=1S/C20H18BrN3O2/c21-16-8-6-14(7-9-16)18-13-24(10-11-26-18)20(25)17-12-22-23-19(17)15-4-2-1-3-5-15/h1-9,12,18H,10-11,13H2,(H,22,23). The van der Waals surface area contributed by atoms with Crippen LogP contribution in [0.1, 0.15) is 22.0 Å². The van der Waals surface area contributed by atoms with E-state index >= 15 is 0 Å². The van der Waals surface area contributed by atoms with Gasteiger partial charge in [0.25, 0.3) is 5.91 Å². The molecule has 1 saturated heterocycles. The van der Waals surface area contributed by atoms with Gasteiger partial charge in [-0.3, -0.25) is 9.89 Å². The number of hydrogen-bond donors (Lipinski definition) is 1. The Bertz CT molecular complexity index is 893. The largest absolute Gasteiger partial charge is 0.370 e. The number of H-pyrrole nitrogens is 1. The number of aromatic amines is 1. The van der Waals surface area contributed by atoms with Crippen LogP contribution >= 0.6 is 15.9 Å². The zero-order chi connectivity index (χ0) is 17.9. The zero-order valence-electron chi connectivity index (χ0n) is 14.1. The molecule has 0 radical (unpaired) electrons. The van der Waals surface area contributed by atoms with E-state index in [4.69, 9.17) is 4.74 Å². The van der Waals surface area contributed by atoms with Crippen molar-refractivity contribution in [1.82, 2.24) is 15.1 Å². The lowest BCUT2D eigenvalue weighted by atomic mass is 10.1.